The SMILES string of the molecule is CC1(C)CCCCC1Nc1cc(NN)ncn1. The van der Waals surface area contributed by atoms with Crippen molar-refractivity contribution in [3.8, 4) is 0 Å². The molecule has 0 aromatic carbocycles. The molecule has 1 aromatic heterocycles. The summed E-state index contributed by atoms with van der Waals surface area (Å²) < 4.78 is 0. The van der Waals surface area contributed by atoms with Crippen LogP contribution in [0.25, 0.3) is 0 Å². The lowest BCUT2D eigenvalue weighted by atomic mass is 9.73. The molecule has 0 aliphatic heterocycles. The number of aromatic nitrogens is 2. The highest BCUT2D eigenvalue weighted by atomic mass is 15.3. The molecule has 1 aromatic rings. The molecule has 94 valence electrons. The predicted molar refractivity (Wildman–Crippen MR) is 69.5 cm³/mol. The van der Waals surface area contributed by atoms with Crippen molar-refractivity contribution in [3.05, 3.63) is 12.4 Å². The Hall–Kier alpha value is -1.36. The van der Waals surface area contributed by atoms with Gasteiger partial charge in [-0.3, -0.25) is 0 Å². The molecule has 1 aliphatic carbocycles. The second kappa shape index (κ2) is 4.87. The smallest absolute Gasteiger partial charge is 0.145 e. The third kappa shape index (κ3) is 2.85. The molecule has 0 saturated heterocycles. The van der Waals surface area contributed by atoms with Crippen molar-refractivity contribution in [2.24, 2.45) is 11.3 Å². The average molecular weight is 235 g/mol. The van der Waals surface area contributed by atoms with Gasteiger partial charge in [0.25, 0.3) is 0 Å². The summed E-state index contributed by atoms with van der Waals surface area (Å²) in [6.07, 6.45) is 6.59. The summed E-state index contributed by atoms with van der Waals surface area (Å²) in [6, 6.07) is 2.31. The van der Waals surface area contributed by atoms with Gasteiger partial charge < -0.3 is 10.7 Å². The van der Waals surface area contributed by atoms with E-state index in [-0.39, 0.29) is 0 Å². The molecule has 1 saturated carbocycles. The first-order valence-electron chi connectivity index (χ1n) is 6.17. The Kier molecular flexibility index (Phi) is 3.47. The minimum absolute atomic E-state index is 0.319. The molecule has 4 N–H and O–H groups in total. The van der Waals surface area contributed by atoms with Crippen molar-refractivity contribution in [2.75, 3.05) is 10.7 Å². The molecule has 5 heteroatoms. The van der Waals surface area contributed by atoms with Gasteiger partial charge in [-0.25, -0.2) is 15.8 Å². The maximum atomic E-state index is 5.34. The second-order valence-electron chi connectivity index (χ2n) is 5.36. The van der Waals surface area contributed by atoms with Gasteiger partial charge in [0.1, 0.15) is 18.0 Å². The van der Waals surface area contributed by atoms with Crippen LogP contribution in [0.1, 0.15) is 39.5 Å². The Labute approximate surface area is 102 Å². The van der Waals surface area contributed by atoms with E-state index < -0.39 is 0 Å². The van der Waals surface area contributed by atoms with E-state index in [1.54, 1.807) is 0 Å². The molecule has 0 spiro atoms. The topological polar surface area (TPSA) is 75.9 Å². The molecule has 0 bridgehead atoms. The number of hydrogen-bond acceptors (Lipinski definition) is 5. The fraction of sp³-hybridized carbons (Fsp3) is 0.667. The summed E-state index contributed by atoms with van der Waals surface area (Å²) in [5.74, 6) is 6.81. The normalized spacial score (nSPS) is 23.1. The minimum Gasteiger partial charge on any atom is -0.367 e. The molecule has 2 rings (SSSR count). The Morgan fingerprint density at radius 3 is 2.76 bits per heavy atom. The van der Waals surface area contributed by atoms with E-state index in [0.717, 1.165) is 5.82 Å². The van der Waals surface area contributed by atoms with Gasteiger partial charge in [0, 0.05) is 12.1 Å². The van der Waals surface area contributed by atoms with Gasteiger partial charge in [0.2, 0.25) is 0 Å². The fourth-order valence-electron chi connectivity index (χ4n) is 2.46. The Morgan fingerprint density at radius 2 is 2.06 bits per heavy atom. The largest absolute Gasteiger partial charge is 0.367 e. The van der Waals surface area contributed by atoms with Crippen LogP contribution >= 0.6 is 0 Å². The highest BCUT2D eigenvalue weighted by molar-refractivity contribution is 5.46. The number of hydrazine groups is 1. The Bertz CT molecular complexity index is 377. The monoisotopic (exact) mass is 235 g/mol. The fourth-order valence-corrected chi connectivity index (χ4v) is 2.46. The van der Waals surface area contributed by atoms with Crippen molar-refractivity contribution >= 4 is 11.6 Å². The number of nitrogens with two attached hydrogens (primary N) is 1. The van der Waals surface area contributed by atoms with E-state index in [1.807, 2.05) is 6.07 Å². The zero-order valence-corrected chi connectivity index (χ0v) is 10.5. The van der Waals surface area contributed by atoms with E-state index in [1.165, 1.54) is 32.0 Å². The maximum absolute atomic E-state index is 5.34. The third-order valence-corrected chi connectivity index (χ3v) is 3.64. The van der Waals surface area contributed by atoms with Gasteiger partial charge in [-0.05, 0) is 18.3 Å². The van der Waals surface area contributed by atoms with Gasteiger partial charge in [0.15, 0.2) is 0 Å². The van der Waals surface area contributed by atoms with Crippen molar-refractivity contribution in [1.82, 2.24) is 9.97 Å². The second-order valence-corrected chi connectivity index (χ2v) is 5.36. The lowest BCUT2D eigenvalue weighted by Gasteiger charge is -2.39. The van der Waals surface area contributed by atoms with E-state index in [4.69, 9.17) is 5.84 Å². The first-order chi connectivity index (χ1) is 8.12. The van der Waals surface area contributed by atoms with E-state index in [0.29, 0.717) is 17.3 Å². The lowest BCUT2D eigenvalue weighted by molar-refractivity contribution is 0.216. The first-order valence-corrected chi connectivity index (χ1v) is 6.17. The van der Waals surface area contributed by atoms with Crippen LogP contribution in [0.5, 0.6) is 0 Å². The molecule has 17 heavy (non-hydrogen) atoms. The highest BCUT2D eigenvalue weighted by Gasteiger charge is 2.32. The summed E-state index contributed by atoms with van der Waals surface area (Å²) in [5, 5.41) is 3.50. The summed E-state index contributed by atoms with van der Waals surface area (Å²) >= 11 is 0. The molecule has 1 aliphatic rings. The van der Waals surface area contributed by atoms with E-state index >= 15 is 0 Å². The highest BCUT2D eigenvalue weighted by Crippen LogP contribution is 2.37. The summed E-state index contributed by atoms with van der Waals surface area (Å²) in [7, 11) is 0. The van der Waals surface area contributed by atoms with E-state index in [9.17, 15) is 0 Å². The molecule has 1 unspecified atom stereocenters. The van der Waals surface area contributed by atoms with Gasteiger partial charge in [0.05, 0.1) is 0 Å². The van der Waals surface area contributed by atoms with Gasteiger partial charge in [-0.1, -0.05) is 26.7 Å². The predicted octanol–water partition coefficient (Wildman–Crippen LogP) is 2.14. The zero-order chi connectivity index (χ0) is 12.3. The number of anilines is 2. The summed E-state index contributed by atoms with van der Waals surface area (Å²) in [6.45, 7) is 4.63. The van der Waals surface area contributed by atoms with Crippen LogP contribution < -0.4 is 16.6 Å². The minimum atomic E-state index is 0.319. The molecule has 1 heterocycles. The Balaban J connectivity index is 2.08. The summed E-state index contributed by atoms with van der Waals surface area (Å²) in [5.41, 5.74) is 2.85. The Morgan fingerprint density at radius 1 is 1.29 bits per heavy atom. The first kappa shape index (κ1) is 12.1. The van der Waals surface area contributed by atoms with Crippen LogP contribution in [0.3, 0.4) is 0 Å². The van der Waals surface area contributed by atoms with Crippen LogP contribution in [0, 0.1) is 5.41 Å². The molecule has 5 nitrogen and oxygen atoms in total. The molecule has 1 atom stereocenters. The molecule has 0 amide bonds. The number of hydrogen-bond donors (Lipinski definition) is 3. The van der Waals surface area contributed by atoms with Crippen LogP contribution in [0.15, 0.2) is 12.4 Å². The zero-order valence-electron chi connectivity index (χ0n) is 10.5. The summed E-state index contributed by atoms with van der Waals surface area (Å²) in [4.78, 5) is 8.23. The van der Waals surface area contributed by atoms with Crippen molar-refractivity contribution < 1.29 is 0 Å². The van der Waals surface area contributed by atoms with Crippen LogP contribution in [-0.2, 0) is 0 Å². The van der Waals surface area contributed by atoms with Crippen LogP contribution in [-0.4, -0.2) is 16.0 Å². The number of nitrogen functional groups attached to an aromatic ring is 1. The molecular weight excluding hydrogens is 214 g/mol. The molecular formula is C12H21N5. The number of nitrogens with zero attached hydrogens (tertiary/aromatic N) is 2. The quantitative estimate of drug-likeness (QED) is 0.553. The van der Waals surface area contributed by atoms with Crippen LogP contribution in [0.4, 0.5) is 11.6 Å². The van der Waals surface area contributed by atoms with Crippen molar-refractivity contribution in [2.45, 2.75) is 45.6 Å². The molecule has 1 fully saturated rings. The van der Waals surface area contributed by atoms with Gasteiger partial charge in [-0.15, -0.1) is 0 Å². The number of rotatable bonds is 3. The average Bonchev–Trinajstić information content (AvgIpc) is 2.32. The van der Waals surface area contributed by atoms with Crippen molar-refractivity contribution in [3.63, 3.8) is 0 Å². The van der Waals surface area contributed by atoms with Gasteiger partial charge >= 0.3 is 0 Å². The number of nitrogens with one attached hydrogen (secondary N) is 2. The third-order valence-electron chi connectivity index (χ3n) is 3.64. The van der Waals surface area contributed by atoms with Gasteiger partial charge in [-0.2, -0.15) is 0 Å². The standard InChI is InChI=1S/C12H21N5/c1-12(2)6-4-3-5-9(12)16-10-7-11(17-13)15-8-14-10/h7-9H,3-6,13H2,1-2H3,(H2,14,15,16,17). The van der Waals surface area contributed by atoms with Crippen molar-refractivity contribution in [1.29, 1.82) is 0 Å². The van der Waals surface area contributed by atoms with E-state index in [2.05, 4.69) is 34.6 Å². The maximum Gasteiger partial charge on any atom is 0.145 e. The molecule has 0 radical (unpaired) electrons. The van der Waals surface area contributed by atoms with Crippen LogP contribution in [0.2, 0.25) is 0 Å². The lowest BCUT2D eigenvalue weighted by Crippen LogP contribution is -2.39.